The predicted molar refractivity (Wildman–Crippen MR) is 113 cm³/mol. The van der Waals surface area contributed by atoms with E-state index < -0.39 is 0 Å². The molecule has 1 aliphatic rings. The topological polar surface area (TPSA) is 72.7 Å². The van der Waals surface area contributed by atoms with E-state index in [-0.39, 0.29) is 11.7 Å². The Morgan fingerprint density at radius 1 is 1.13 bits per heavy atom. The minimum atomic E-state index is -0.300. The summed E-state index contributed by atoms with van der Waals surface area (Å²) in [5, 5.41) is 9.89. The molecule has 0 bridgehead atoms. The number of hydrogen-bond acceptors (Lipinski definition) is 5. The van der Waals surface area contributed by atoms with E-state index in [9.17, 15) is 9.18 Å². The fraction of sp³-hybridized carbons (Fsp3) is 0.182. The number of anilines is 1. The average Bonchev–Trinajstić information content (AvgIpc) is 3.40. The van der Waals surface area contributed by atoms with Crippen molar-refractivity contribution in [2.24, 2.45) is 0 Å². The van der Waals surface area contributed by atoms with Crippen LogP contribution in [0.3, 0.4) is 0 Å². The third kappa shape index (κ3) is 3.50. The summed E-state index contributed by atoms with van der Waals surface area (Å²) in [5.41, 5.74) is 4.81. The van der Waals surface area contributed by atoms with Crippen LogP contribution in [0.2, 0.25) is 0 Å². The normalized spacial score (nSPS) is 13.1. The second-order valence-corrected chi connectivity index (χ2v) is 7.96. The molecule has 0 unspecified atom stereocenters. The van der Waals surface area contributed by atoms with Crippen molar-refractivity contribution in [2.75, 3.05) is 5.32 Å². The number of nitrogens with one attached hydrogen (secondary N) is 1. The standard InChI is InChI=1S/C22H18FN5OS/c23-15-7-9-16(10-8-15)28-19-6-2-1-5-17(19)20(27-28)21(29)26-22-25-18(13-30-22)14-4-3-11-24-12-14/h3-4,7-13H,1-2,5-6H2,(H,25,26,29). The second kappa shape index (κ2) is 7.79. The minimum absolute atomic E-state index is 0.277. The van der Waals surface area contributed by atoms with Gasteiger partial charge in [0.15, 0.2) is 10.8 Å². The van der Waals surface area contributed by atoms with Crippen molar-refractivity contribution in [1.29, 1.82) is 0 Å². The van der Waals surface area contributed by atoms with Gasteiger partial charge in [-0.25, -0.2) is 14.1 Å². The number of hydrogen-bond donors (Lipinski definition) is 1. The van der Waals surface area contributed by atoms with E-state index in [0.717, 1.165) is 53.9 Å². The van der Waals surface area contributed by atoms with Crippen molar-refractivity contribution in [1.82, 2.24) is 19.7 Å². The van der Waals surface area contributed by atoms with Gasteiger partial charge in [0.05, 0.1) is 11.4 Å². The number of halogens is 1. The predicted octanol–water partition coefficient (Wildman–Crippen LogP) is 4.66. The molecule has 4 aromatic rings. The number of carbonyl (C=O) groups excluding carboxylic acids is 1. The van der Waals surface area contributed by atoms with Crippen LogP contribution in [0.1, 0.15) is 34.6 Å². The summed E-state index contributed by atoms with van der Waals surface area (Å²) in [6.45, 7) is 0. The molecule has 1 aliphatic carbocycles. The van der Waals surface area contributed by atoms with Crippen LogP contribution < -0.4 is 5.32 Å². The van der Waals surface area contributed by atoms with Crippen LogP contribution in [0.25, 0.3) is 16.9 Å². The van der Waals surface area contributed by atoms with Crippen LogP contribution in [0.5, 0.6) is 0 Å². The number of amides is 1. The van der Waals surface area contributed by atoms with Crippen LogP contribution >= 0.6 is 11.3 Å². The Bertz CT molecular complexity index is 1200. The monoisotopic (exact) mass is 419 g/mol. The molecular weight excluding hydrogens is 401 g/mol. The van der Waals surface area contributed by atoms with Crippen molar-refractivity contribution in [3.05, 3.63) is 76.9 Å². The lowest BCUT2D eigenvalue weighted by molar-refractivity contribution is 0.102. The molecule has 1 amide bonds. The van der Waals surface area contributed by atoms with Crippen LogP contribution in [-0.2, 0) is 12.8 Å². The first-order valence-electron chi connectivity index (χ1n) is 9.73. The van der Waals surface area contributed by atoms with E-state index in [4.69, 9.17) is 0 Å². The quantitative estimate of drug-likeness (QED) is 0.522. The lowest BCUT2D eigenvalue weighted by Gasteiger charge is -2.14. The molecule has 1 aromatic carbocycles. The zero-order valence-electron chi connectivity index (χ0n) is 16.0. The Kier molecular flexibility index (Phi) is 4.84. The van der Waals surface area contributed by atoms with Gasteiger partial charge >= 0.3 is 0 Å². The largest absolute Gasteiger partial charge is 0.296 e. The molecule has 0 aliphatic heterocycles. The van der Waals surface area contributed by atoms with Gasteiger partial charge in [0.1, 0.15) is 5.82 Å². The van der Waals surface area contributed by atoms with Crippen molar-refractivity contribution in [2.45, 2.75) is 25.7 Å². The van der Waals surface area contributed by atoms with Crippen LogP contribution in [-0.4, -0.2) is 25.7 Å². The first-order valence-corrected chi connectivity index (χ1v) is 10.6. The molecule has 0 spiro atoms. The molecule has 150 valence electrons. The number of rotatable bonds is 4. The molecule has 6 nitrogen and oxygen atoms in total. The molecule has 3 heterocycles. The molecule has 0 saturated heterocycles. The lowest BCUT2D eigenvalue weighted by Crippen LogP contribution is -2.15. The molecule has 0 radical (unpaired) electrons. The number of benzene rings is 1. The molecule has 30 heavy (non-hydrogen) atoms. The molecule has 5 rings (SSSR count). The highest BCUT2D eigenvalue weighted by atomic mass is 32.1. The number of pyridine rings is 1. The summed E-state index contributed by atoms with van der Waals surface area (Å²) in [5.74, 6) is -0.577. The smallest absolute Gasteiger partial charge is 0.278 e. The van der Waals surface area contributed by atoms with E-state index in [1.54, 1.807) is 29.2 Å². The third-order valence-electron chi connectivity index (χ3n) is 5.15. The van der Waals surface area contributed by atoms with Crippen molar-refractivity contribution in [3.8, 4) is 16.9 Å². The van der Waals surface area contributed by atoms with Gasteiger partial charge in [-0.3, -0.25) is 15.1 Å². The molecular formula is C22H18FN5OS. The van der Waals surface area contributed by atoms with Gasteiger partial charge in [-0.15, -0.1) is 11.3 Å². The highest BCUT2D eigenvalue weighted by molar-refractivity contribution is 7.14. The maximum absolute atomic E-state index is 13.3. The fourth-order valence-corrected chi connectivity index (χ4v) is 4.43. The van der Waals surface area contributed by atoms with Gasteiger partial charge in [0.25, 0.3) is 5.91 Å². The zero-order valence-corrected chi connectivity index (χ0v) is 16.8. The highest BCUT2D eigenvalue weighted by Gasteiger charge is 2.26. The third-order valence-corrected chi connectivity index (χ3v) is 5.91. The Labute approximate surface area is 176 Å². The van der Waals surface area contributed by atoms with Crippen LogP contribution in [0.4, 0.5) is 9.52 Å². The second-order valence-electron chi connectivity index (χ2n) is 7.10. The Balaban J connectivity index is 1.45. The van der Waals surface area contributed by atoms with Gasteiger partial charge in [-0.1, -0.05) is 0 Å². The Morgan fingerprint density at radius 3 is 2.77 bits per heavy atom. The van der Waals surface area contributed by atoms with E-state index in [1.807, 2.05) is 17.5 Å². The van der Waals surface area contributed by atoms with E-state index >= 15 is 0 Å². The van der Waals surface area contributed by atoms with Crippen molar-refractivity contribution in [3.63, 3.8) is 0 Å². The number of nitrogens with zero attached hydrogens (tertiary/aromatic N) is 4. The number of thiazole rings is 1. The average molecular weight is 419 g/mol. The molecule has 0 saturated carbocycles. The maximum atomic E-state index is 13.3. The minimum Gasteiger partial charge on any atom is -0.296 e. The Hall–Kier alpha value is -3.39. The van der Waals surface area contributed by atoms with Gasteiger partial charge in [-0.2, -0.15) is 5.10 Å². The summed E-state index contributed by atoms with van der Waals surface area (Å²) in [6.07, 6.45) is 7.15. The highest BCUT2D eigenvalue weighted by Crippen LogP contribution is 2.29. The zero-order chi connectivity index (χ0) is 20.5. The van der Waals surface area contributed by atoms with Gasteiger partial charge in [0.2, 0.25) is 0 Å². The van der Waals surface area contributed by atoms with E-state index in [1.165, 1.54) is 23.5 Å². The summed E-state index contributed by atoms with van der Waals surface area (Å²) in [7, 11) is 0. The number of carbonyl (C=O) groups is 1. The van der Waals surface area contributed by atoms with Gasteiger partial charge in [-0.05, 0) is 62.1 Å². The van der Waals surface area contributed by atoms with Crippen molar-refractivity contribution >= 4 is 22.4 Å². The first kappa shape index (κ1) is 18.6. The van der Waals surface area contributed by atoms with Crippen molar-refractivity contribution < 1.29 is 9.18 Å². The molecule has 1 N–H and O–H groups in total. The summed E-state index contributed by atoms with van der Waals surface area (Å²) >= 11 is 1.36. The molecule has 8 heteroatoms. The summed E-state index contributed by atoms with van der Waals surface area (Å²) in [6, 6.07) is 9.94. The van der Waals surface area contributed by atoms with E-state index in [0.29, 0.717) is 10.8 Å². The Morgan fingerprint density at radius 2 is 1.97 bits per heavy atom. The number of aromatic nitrogens is 4. The molecule has 0 atom stereocenters. The fourth-order valence-electron chi connectivity index (χ4n) is 3.71. The molecule has 0 fully saturated rings. The summed E-state index contributed by atoms with van der Waals surface area (Å²) < 4.78 is 15.1. The lowest BCUT2D eigenvalue weighted by atomic mass is 9.95. The van der Waals surface area contributed by atoms with E-state index in [2.05, 4.69) is 20.4 Å². The van der Waals surface area contributed by atoms with Gasteiger partial charge < -0.3 is 0 Å². The number of fused-ring (bicyclic) bond motifs is 1. The SMILES string of the molecule is O=C(Nc1nc(-c2cccnc2)cs1)c1nn(-c2ccc(F)cc2)c2c1CCCC2. The molecule has 3 aromatic heterocycles. The van der Waals surface area contributed by atoms with Crippen LogP contribution in [0, 0.1) is 5.82 Å². The van der Waals surface area contributed by atoms with Gasteiger partial charge in [0, 0.05) is 34.6 Å². The maximum Gasteiger partial charge on any atom is 0.278 e. The van der Waals surface area contributed by atoms with Crippen LogP contribution in [0.15, 0.2) is 54.2 Å². The summed E-state index contributed by atoms with van der Waals surface area (Å²) in [4.78, 5) is 21.6. The first-order chi connectivity index (χ1) is 14.7.